The number of benzene rings is 1. The predicted molar refractivity (Wildman–Crippen MR) is 50.2 cm³/mol. The number of fused-ring (bicyclic) bond motifs is 1. The van der Waals surface area contributed by atoms with Crippen LogP contribution in [0.2, 0.25) is 0 Å². The van der Waals surface area contributed by atoms with Crippen molar-refractivity contribution in [3.8, 4) is 0 Å². The smallest absolute Gasteiger partial charge is 0.239 e. The summed E-state index contributed by atoms with van der Waals surface area (Å²) in [5.74, 6) is -0.283. The Labute approximate surface area is 76.9 Å². The third-order valence-corrected chi connectivity index (χ3v) is 2.33. The highest BCUT2D eigenvalue weighted by atomic mass is 16.1. The number of primary amides is 1. The van der Waals surface area contributed by atoms with E-state index in [-0.39, 0.29) is 11.9 Å². The van der Waals surface area contributed by atoms with Crippen LogP contribution in [0.5, 0.6) is 0 Å². The molecule has 13 heavy (non-hydrogen) atoms. The van der Waals surface area contributed by atoms with Crippen molar-refractivity contribution in [2.24, 2.45) is 5.73 Å². The summed E-state index contributed by atoms with van der Waals surface area (Å²) < 4.78 is 0. The third-order valence-electron chi connectivity index (χ3n) is 2.33. The number of carbonyl (C=O) groups is 1. The molecule has 1 aliphatic heterocycles. The average molecular weight is 175 g/mol. The Hall–Kier alpha value is -1.51. The van der Waals surface area contributed by atoms with Gasteiger partial charge in [0.05, 0.1) is 0 Å². The van der Waals surface area contributed by atoms with Crippen molar-refractivity contribution in [2.75, 3.05) is 5.32 Å². The highest BCUT2D eigenvalue weighted by molar-refractivity contribution is 5.84. The van der Waals surface area contributed by atoms with E-state index in [9.17, 15) is 4.79 Å². The molecule has 0 bridgehead atoms. The van der Waals surface area contributed by atoms with Gasteiger partial charge in [-0.05, 0) is 30.5 Å². The minimum absolute atomic E-state index is 0.219. The molecule has 2 rings (SSSR count). The second-order valence-corrected chi connectivity index (χ2v) is 3.22. The number of aryl methyl sites for hydroxylation is 1. The van der Waals surface area contributed by atoms with E-state index in [0.29, 0.717) is 0 Å². The fourth-order valence-electron chi connectivity index (χ4n) is 1.59. The summed E-state index contributed by atoms with van der Waals surface area (Å²) in [7, 11) is 0. The number of hydrogen-bond donors (Lipinski definition) is 2. The maximum atomic E-state index is 10.9. The molecule has 0 aliphatic carbocycles. The molecule has 0 aromatic heterocycles. The van der Waals surface area contributed by atoms with Gasteiger partial charge in [-0.3, -0.25) is 4.79 Å². The summed E-state index contributed by atoms with van der Waals surface area (Å²) in [4.78, 5) is 10.9. The second-order valence-electron chi connectivity index (χ2n) is 3.22. The SMILES string of the molecule is NC(=O)C1CCc2cc[c]cc2N1. The molecule has 0 fully saturated rings. The van der Waals surface area contributed by atoms with Crippen LogP contribution < -0.4 is 11.1 Å². The number of hydrogen-bond acceptors (Lipinski definition) is 2. The van der Waals surface area contributed by atoms with Crippen molar-refractivity contribution in [1.82, 2.24) is 0 Å². The first-order valence-electron chi connectivity index (χ1n) is 4.32. The molecule has 0 saturated heterocycles. The molecule has 1 aromatic rings. The maximum absolute atomic E-state index is 10.9. The number of nitrogens with one attached hydrogen (secondary N) is 1. The van der Waals surface area contributed by atoms with Crippen LogP contribution in [0.15, 0.2) is 18.2 Å². The molecule has 3 N–H and O–H groups in total. The summed E-state index contributed by atoms with van der Waals surface area (Å²) in [6.07, 6.45) is 1.69. The predicted octanol–water partition coefficient (Wildman–Crippen LogP) is 0.699. The quantitative estimate of drug-likeness (QED) is 0.660. The lowest BCUT2D eigenvalue weighted by Crippen LogP contribution is -2.38. The van der Waals surface area contributed by atoms with Crippen LogP contribution in [0.3, 0.4) is 0 Å². The number of carbonyl (C=O) groups excluding carboxylic acids is 1. The van der Waals surface area contributed by atoms with E-state index < -0.39 is 0 Å². The first kappa shape index (κ1) is 8.10. The zero-order chi connectivity index (χ0) is 9.26. The molecule has 1 amide bonds. The minimum atomic E-state index is -0.283. The Morgan fingerprint density at radius 1 is 1.69 bits per heavy atom. The number of rotatable bonds is 1. The van der Waals surface area contributed by atoms with Gasteiger partial charge in [0.1, 0.15) is 6.04 Å². The van der Waals surface area contributed by atoms with Crippen molar-refractivity contribution >= 4 is 11.6 Å². The van der Waals surface area contributed by atoms with Crippen molar-refractivity contribution in [3.63, 3.8) is 0 Å². The lowest BCUT2D eigenvalue weighted by molar-refractivity contribution is -0.118. The van der Waals surface area contributed by atoms with Crippen LogP contribution in [0.1, 0.15) is 12.0 Å². The Morgan fingerprint density at radius 2 is 2.54 bits per heavy atom. The van der Waals surface area contributed by atoms with Crippen LogP contribution in [0.25, 0.3) is 0 Å². The summed E-state index contributed by atoms with van der Waals surface area (Å²) >= 11 is 0. The Bertz CT molecular complexity index is 335. The highest BCUT2D eigenvalue weighted by Crippen LogP contribution is 2.23. The van der Waals surface area contributed by atoms with Gasteiger partial charge in [-0.15, -0.1) is 0 Å². The van der Waals surface area contributed by atoms with Crippen LogP contribution in [-0.4, -0.2) is 11.9 Å². The largest absolute Gasteiger partial charge is 0.373 e. The van der Waals surface area contributed by atoms with Gasteiger partial charge in [0, 0.05) is 5.69 Å². The molecule has 1 radical (unpaired) electrons. The molecule has 1 atom stereocenters. The normalized spacial score (nSPS) is 20.2. The van der Waals surface area contributed by atoms with Gasteiger partial charge in [0.2, 0.25) is 5.91 Å². The zero-order valence-corrected chi connectivity index (χ0v) is 7.21. The van der Waals surface area contributed by atoms with E-state index >= 15 is 0 Å². The van der Waals surface area contributed by atoms with E-state index in [1.165, 1.54) is 5.56 Å². The number of nitrogens with two attached hydrogens (primary N) is 1. The summed E-state index contributed by atoms with van der Waals surface area (Å²) in [6, 6.07) is 8.49. The Morgan fingerprint density at radius 3 is 3.31 bits per heavy atom. The van der Waals surface area contributed by atoms with Crippen molar-refractivity contribution < 1.29 is 4.79 Å². The van der Waals surface area contributed by atoms with Crippen LogP contribution in [0.4, 0.5) is 5.69 Å². The molecular formula is C10H11N2O. The van der Waals surface area contributed by atoms with Crippen LogP contribution >= 0.6 is 0 Å². The molecule has 0 saturated carbocycles. The lowest BCUT2D eigenvalue weighted by atomic mass is 9.98. The fraction of sp³-hybridized carbons (Fsp3) is 0.300. The van der Waals surface area contributed by atoms with E-state index in [0.717, 1.165) is 18.5 Å². The summed E-state index contributed by atoms with van der Waals surface area (Å²) in [6.45, 7) is 0. The average Bonchev–Trinajstić information content (AvgIpc) is 2.17. The topological polar surface area (TPSA) is 55.1 Å². The molecule has 3 heteroatoms. The summed E-state index contributed by atoms with van der Waals surface area (Å²) in [5.41, 5.74) is 7.43. The van der Waals surface area contributed by atoms with Gasteiger partial charge in [-0.1, -0.05) is 12.1 Å². The van der Waals surface area contributed by atoms with Gasteiger partial charge < -0.3 is 11.1 Å². The van der Waals surface area contributed by atoms with Gasteiger partial charge in [-0.25, -0.2) is 0 Å². The lowest BCUT2D eigenvalue weighted by Gasteiger charge is -2.24. The van der Waals surface area contributed by atoms with E-state index in [1.54, 1.807) is 0 Å². The standard InChI is InChI=1S/C10H11N2O/c11-10(13)9-6-5-7-3-1-2-4-8(7)12-9/h1,3-4,9,12H,5-6H2,(H2,11,13). The van der Waals surface area contributed by atoms with Crippen LogP contribution in [0, 0.1) is 6.07 Å². The molecule has 1 aromatic carbocycles. The second kappa shape index (κ2) is 3.09. The number of anilines is 1. The molecule has 1 unspecified atom stereocenters. The first-order chi connectivity index (χ1) is 6.27. The van der Waals surface area contributed by atoms with Crippen LogP contribution in [-0.2, 0) is 11.2 Å². The highest BCUT2D eigenvalue weighted by Gasteiger charge is 2.20. The van der Waals surface area contributed by atoms with Crippen molar-refractivity contribution in [2.45, 2.75) is 18.9 Å². The summed E-state index contributed by atoms with van der Waals surface area (Å²) in [5, 5.41) is 3.09. The van der Waals surface area contributed by atoms with Gasteiger partial charge >= 0.3 is 0 Å². The number of amides is 1. The maximum Gasteiger partial charge on any atom is 0.239 e. The molecule has 67 valence electrons. The Balaban J connectivity index is 2.24. The molecule has 3 nitrogen and oxygen atoms in total. The van der Waals surface area contributed by atoms with E-state index in [2.05, 4.69) is 11.4 Å². The first-order valence-corrected chi connectivity index (χ1v) is 4.32. The van der Waals surface area contributed by atoms with Crippen molar-refractivity contribution in [1.29, 1.82) is 0 Å². The minimum Gasteiger partial charge on any atom is -0.373 e. The monoisotopic (exact) mass is 175 g/mol. The van der Waals surface area contributed by atoms with E-state index in [1.807, 2.05) is 18.2 Å². The molecule has 1 aliphatic rings. The molecule has 1 heterocycles. The Kier molecular flexibility index (Phi) is 1.93. The third kappa shape index (κ3) is 1.49. The van der Waals surface area contributed by atoms with Gasteiger partial charge in [0.15, 0.2) is 0 Å². The van der Waals surface area contributed by atoms with E-state index in [4.69, 9.17) is 5.73 Å². The fourth-order valence-corrected chi connectivity index (χ4v) is 1.59. The molecule has 0 spiro atoms. The van der Waals surface area contributed by atoms with Crippen molar-refractivity contribution in [3.05, 3.63) is 29.8 Å². The zero-order valence-electron chi connectivity index (χ0n) is 7.21. The molecular weight excluding hydrogens is 164 g/mol. The van der Waals surface area contributed by atoms with Gasteiger partial charge in [0.25, 0.3) is 0 Å². The van der Waals surface area contributed by atoms with Gasteiger partial charge in [-0.2, -0.15) is 0 Å².